The average molecular weight is 288 g/mol. The molecule has 1 aromatic rings. The van der Waals surface area contributed by atoms with Crippen LogP contribution in [0.15, 0.2) is 42.3 Å². The van der Waals surface area contributed by atoms with Gasteiger partial charge in [0.05, 0.1) is 18.8 Å². The van der Waals surface area contributed by atoms with Crippen LogP contribution in [0.3, 0.4) is 0 Å². The van der Waals surface area contributed by atoms with Gasteiger partial charge in [-0.25, -0.2) is 4.39 Å². The standard InChI is InChI=1S/C18H21FO2/c1-4-20-16-11-13(3)12-17(21-5-2)18(16)14-7-6-8-15(19)10-9-14/h6,8-12H,4-5,7H2,1-3H3. The number of hydrogen-bond donors (Lipinski definition) is 0. The van der Waals surface area contributed by atoms with E-state index < -0.39 is 0 Å². The van der Waals surface area contributed by atoms with E-state index in [0.717, 1.165) is 28.2 Å². The highest BCUT2D eigenvalue weighted by atomic mass is 19.1. The van der Waals surface area contributed by atoms with Crippen molar-refractivity contribution in [1.29, 1.82) is 0 Å². The van der Waals surface area contributed by atoms with Gasteiger partial charge in [0.1, 0.15) is 17.3 Å². The van der Waals surface area contributed by atoms with Crippen molar-refractivity contribution in [2.75, 3.05) is 13.2 Å². The first kappa shape index (κ1) is 15.4. The monoisotopic (exact) mass is 288 g/mol. The zero-order valence-corrected chi connectivity index (χ0v) is 12.8. The molecule has 3 heteroatoms. The van der Waals surface area contributed by atoms with Crippen molar-refractivity contribution in [3.63, 3.8) is 0 Å². The summed E-state index contributed by atoms with van der Waals surface area (Å²) in [4.78, 5) is 0. The average Bonchev–Trinajstić information content (AvgIpc) is 2.64. The van der Waals surface area contributed by atoms with E-state index in [1.54, 1.807) is 6.08 Å². The molecule has 21 heavy (non-hydrogen) atoms. The van der Waals surface area contributed by atoms with Crippen molar-refractivity contribution >= 4 is 5.57 Å². The molecule has 0 bridgehead atoms. The summed E-state index contributed by atoms with van der Waals surface area (Å²) >= 11 is 0. The van der Waals surface area contributed by atoms with Crippen LogP contribution in [0.1, 0.15) is 31.4 Å². The van der Waals surface area contributed by atoms with Crippen molar-refractivity contribution in [3.8, 4) is 11.5 Å². The van der Waals surface area contributed by atoms with Crippen LogP contribution in [0.5, 0.6) is 11.5 Å². The Morgan fingerprint density at radius 2 is 1.67 bits per heavy atom. The maximum atomic E-state index is 13.4. The fourth-order valence-electron chi connectivity index (χ4n) is 2.36. The summed E-state index contributed by atoms with van der Waals surface area (Å²) in [6.45, 7) is 7.07. The van der Waals surface area contributed by atoms with Crippen LogP contribution in [-0.2, 0) is 0 Å². The highest BCUT2D eigenvalue weighted by Crippen LogP contribution is 2.39. The van der Waals surface area contributed by atoms with Crippen LogP contribution in [0, 0.1) is 6.92 Å². The van der Waals surface area contributed by atoms with Crippen LogP contribution in [-0.4, -0.2) is 13.2 Å². The molecule has 0 unspecified atom stereocenters. The van der Waals surface area contributed by atoms with E-state index in [2.05, 4.69) is 0 Å². The third-order valence-corrected chi connectivity index (χ3v) is 3.19. The van der Waals surface area contributed by atoms with Crippen LogP contribution in [0.25, 0.3) is 5.57 Å². The summed E-state index contributed by atoms with van der Waals surface area (Å²) < 4.78 is 24.9. The van der Waals surface area contributed by atoms with Gasteiger partial charge in [-0.2, -0.15) is 0 Å². The van der Waals surface area contributed by atoms with E-state index >= 15 is 0 Å². The van der Waals surface area contributed by atoms with Gasteiger partial charge in [-0.05, 0) is 62.6 Å². The maximum Gasteiger partial charge on any atom is 0.130 e. The molecule has 1 aliphatic carbocycles. The first-order valence-electron chi connectivity index (χ1n) is 7.29. The molecule has 0 atom stereocenters. The SMILES string of the molecule is CCOc1cc(C)cc(OCC)c1C1=CC=C(F)C=CC1. The van der Waals surface area contributed by atoms with E-state index in [1.807, 2.05) is 39.0 Å². The third-order valence-electron chi connectivity index (χ3n) is 3.19. The Morgan fingerprint density at radius 3 is 2.24 bits per heavy atom. The van der Waals surface area contributed by atoms with Gasteiger partial charge in [0.15, 0.2) is 0 Å². The Hall–Kier alpha value is -2.03. The lowest BCUT2D eigenvalue weighted by molar-refractivity contribution is 0.321. The predicted octanol–water partition coefficient (Wildman–Crippen LogP) is 4.99. The fraction of sp³-hybridized carbons (Fsp3) is 0.333. The number of allylic oxidation sites excluding steroid dienone is 6. The number of benzene rings is 1. The summed E-state index contributed by atoms with van der Waals surface area (Å²) in [5, 5.41) is 0. The van der Waals surface area contributed by atoms with Gasteiger partial charge >= 0.3 is 0 Å². The van der Waals surface area contributed by atoms with E-state index in [4.69, 9.17) is 9.47 Å². The zero-order valence-electron chi connectivity index (χ0n) is 12.8. The second-order valence-electron chi connectivity index (χ2n) is 4.85. The second-order valence-corrected chi connectivity index (χ2v) is 4.85. The Balaban J connectivity index is 2.56. The summed E-state index contributed by atoms with van der Waals surface area (Å²) in [6, 6.07) is 3.99. The fourth-order valence-corrected chi connectivity index (χ4v) is 2.36. The van der Waals surface area contributed by atoms with Gasteiger partial charge in [-0.1, -0.05) is 12.2 Å². The Labute approximate surface area is 125 Å². The molecule has 0 amide bonds. The number of ether oxygens (including phenoxy) is 2. The van der Waals surface area contributed by atoms with Crippen LogP contribution in [0.4, 0.5) is 4.39 Å². The van der Waals surface area contributed by atoms with Crippen molar-refractivity contribution in [3.05, 3.63) is 53.4 Å². The first-order valence-corrected chi connectivity index (χ1v) is 7.29. The Kier molecular flexibility index (Phi) is 5.20. The molecule has 1 aromatic carbocycles. The van der Waals surface area contributed by atoms with Gasteiger partial charge in [0, 0.05) is 0 Å². The maximum absolute atomic E-state index is 13.4. The molecule has 0 heterocycles. The molecule has 1 aliphatic rings. The summed E-state index contributed by atoms with van der Waals surface area (Å²) in [5.41, 5.74) is 2.99. The molecular weight excluding hydrogens is 267 g/mol. The van der Waals surface area contributed by atoms with Crippen LogP contribution < -0.4 is 9.47 Å². The largest absolute Gasteiger partial charge is 0.493 e. The lowest BCUT2D eigenvalue weighted by Gasteiger charge is -2.18. The molecule has 0 N–H and O–H groups in total. The molecule has 0 saturated heterocycles. The molecule has 2 nitrogen and oxygen atoms in total. The summed E-state index contributed by atoms with van der Waals surface area (Å²) in [7, 11) is 0. The zero-order chi connectivity index (χ0) is 15.2. The van der Waals surface area contributed by atoms with Crippen molar-refractivity contribution < 1.29 is 13.9 Å². The van der Waals surface area contributed by atoms with E-state index in [-0.39, 0.29) is 5.83 Å². The number of halogens is 1. The van der Waals surface area contributed by atoms with Crippen molar-refractivity contribution in [2.45, 2.75) is 27.2 Å². The van der Waals surface area contributed by atoms with Gasteiger partial charge in [-0.15, -0.1) is 0 Å². The van der Waals surface area contributed by atoms with Crippen molar-refractivity contribution in [2.24, 2.45) is 0 Å². The molecule has 0 fully saturated rings. The summed E-state index contributed by atoms with van der Waals surface area (Å²) in [6.07, 6.45) is 7.22. The quantitative estimate of drug-likeness (QED) is 0.760. The number of rotatable bonds is 5. The molecule has 2 rings (SSSR count). The third kappa shape index (κ3) is 3.75. The molecular formula is C18H21FO2. The lowest BCUT2D eigenvalue weighted by Crippen LogP contribution is -2.02. The molecule has 0 aliphatic heterocycles. The van der Waals surface area contributed by atoms with Gasteiger partial charge in [0.2, 0.25) is 0 Å². The second kappa shape index (κ2) is 7.11. The summed E-state index contributed by atoms with van der Waals surface area (Å²) in [5.74, 6) is 1.33. The minimum Gasteiger partial charge on any atom is -0.493 e. The normalized spacial score (nSPS) is 14.3. The lowest BCUT2D eigenvalue weighted by atomic mass is 9.98. The van der Waals surface area contributed by atoms with Gasteiger partial charge < -0.3 is 9.47 Å². The molecule has 0 spiro atoms. The van der Waals surface area contributed by atoms with E-state index in [1.165, 1.54) is 12.2 Å². The number of hydrogen-bond acceptors (Lipinski definition) is 2. The number of aryl methyl sites for hydroxylation is 1. The van der Waals surface area contributed by atoms with Gasteiger partial charge in [-0.3, -0.25) is 0 Å². The molecule has 0 aromatic heterocycles. The smallest absolute Gasteiger partial charge is 0.130 e. The molecule has 0 radical (unpaired) electrons. The van der Waals surface area contributed by atoms with Crippen LogP contribution in [0.2, 0.25) is 0 Å². The minimum absolute atomic E-state index is 0.243. The molecule has 0 saturated carbocycles. The molecule has 112 valence electrons. The Bertz CT molecular complexity index is 570. The highest BCUT2D eigenvalue weighted by Gasteiger charge is 2.16. The topological polar surface area (TPSA) is 18.5 Å². The minimum atomic E-state index is -0.243. The highest BCUT2D eigenvalue weighted by molar-refractivity contribution is 5.78. The van der Waals surface area contributed by atoms with Crippen LogP contribution >= 0.6 is 0 Å². The van der Waals surface area contributed by atoms with Crippen molar-refractivity contribution in [1.82, 2.24) is 0 Å². The van der Waals surface area contributed by atoms with Gasteiger partial charge in [0.25, 0.3) is 0 Å². The Morgan fingerprint density at radius 1 is 1.05 bits per heavy atom. The van der Waals surface area contributed by atoms with E-state index in [0.29, 0.717) is 19.6 Å². The van der Waals surface area contributed by atoms with E-state index in [9.17, 15) is 4.39 Å². The first-order chi connectivity index (χ1) is 10.2. The predicted molar refractivity (Wildman–Crippen MR) is 84.4 cm³/mol.